The van der Waals surface area contributed by atoms with Crippen molar-refractivity contribution in [1.29, 1.82) is 0 Å². The van der Waals surface area contributed by atoms with Gasteiger partial charge >= 0.3 is 0 Å². The van der Waals surface area contributed by atoms with Crippen molar-refractivity contribution < 1.29 is 5.11 Å². The quantitative estimate of drug-likeness (QED) is 0.853. The summed E-state index contributed by atoms with van der Waals surface area (Å²) < 4.78 is 2.01. The van der Waals surface area contributed by atoms with E-state index >= 15 is 0 Å². The molecule has 0 fully saturated rings. The Morgan fingerprint density at radius 1 is 1.31 bits per heavy atom. The topological polar surface area (TPSA) is 50.9 Å². The van der Waals surface area contributed by atoms with E-state index < -0.39 is 0 Å². The Morgan fingerprint density at radius 3 is 2.69 bits per heavy atom. The molecule has 1 N–H and O–H groups in total. The summed E-state index contributed by atoms with van der Waals surface area (Å²) in [6, 6.07) is 2.04. The molecule has 16 heavy (non-hydrogen) atoms. The van der Waals surface area contributed by atoms with Gasteiger partial charge < -0.3 is 9.67 Å². The SMILES string of the molecule is CCc1nc2c(C)cc(C)nc2n1CCO. The molecule has 2 rings (SSSR count). The maximum Gasteiger partial charge on any atom is 0.160 e. The minimum atomic E-state index is 0.118. The molecule has 0 saturated carbocycles. The van der Waals surface area contributed by atoms with Gasteiger partial charge in [-0.25, -0.2) is 9.97 Å². The van der Waals surface area contributed by atoms with Gasteiger partial charge in [0.15, 0.2) is 5.65 Å². The molecule has 0 aliphatic rings. The second-order valence-electron chi connectivity index (χ2n) is 4.01. The van der Waals surface area contributed by atoms with E-state index in [1.807, 2.05) is 24.5 Å². The molecule has 0 unspecified atom stereocenters. The Kier molecular flexibility index (Phi) is 2.92. The van der Waals surface area contributed by atoms with Crippen LogP contribution in [0.5, 0.6) is 0 Å². The smallest absolute Gasteiger partial charge is 0.160 e. The van der Waals surface area contributed by atoms with E-state index in [0.29, 0.717) is 6.54 Å². The first kappa shape index (κ1) is 11.1. The number of aryl methyl sites for hydroxylation is 3. The molecule has 2 heterocycles. The molecule has 0 amide bonds. The third kappa shape index (κ3) is 1.69. The summed E-state index contributed by atoms with van der Waals surface area (Å²) in [6.45, 7) is 6.78. The van der Waals surface area contributed by atoms with Gasteiger partial charge in [0.25, 0.3) is 0 Å². The fourth-order valence-electron chi connectivity index (χ4n) is 2.05. The van der Waals surface area contributed by atoms with E-state index in [0.717, 1.165) is 34.7 Å². The number of imidazole rings is 1. The summed E-state index contributed by atoms with van der Waals surface area (Å²) in [5, 5.41) is 9.08. The Bertz CT molecular complexity index is 516. The van der Waals surface area contributed by atoms with Gasteiger partial charge in [0.05, 0.1) is 6.61 Å². The van der Waals surface area contributed by atoms with E-state index in [1.54, 1.807) is 0 Å². The predicted molar refractivity (Wildman–Crippen MR) is 63.5 cm³/mol. The van der Waals surface area contributed by atoms with Gasteiger partial charge in [0.2, 0.25) is 0 Å². The van der Waals surface area contributed by atoms with Crippen molar-refractivity contribution >= 4 is 11.2 Å². The number of aromatic nitrogens is 3. The average Bonchev–Trinajstić information content (AvgIpc) is 2.58. The zero-order valence-corrected chi connectivity index (χ0v) is 9.99. The molecule has 2 aromatic heterocycles. The molecule has 0 aliphatic heterocycles. The molecular weight excluding hydrogens is 202 g/mol. The normalized spacial score (nSPS) is 11.2. The predicted octanol–water partition coefficient (Wildman–Crippen LogP) is 1.60. The Labute approximate surface area is 95.0 Å². The summed E-state index contributed by atoms with van der Waals surface area (Å²) in [6.07, 6.45) is 0.856. The van der Waals surface area contributed by atoms with E-state index in [2.05, 4.69) is 16.9 Å². The van der Waals surface area contributed by atoms with Crippen LogP contribution in [-0.4, -0.2) is 26.2 Å². The Hall–Kier alpha value is -1.42. The first-order chi connectivity index (χ1) is 7.67. The molecule has 0 saturated heterocycles. The van der Waals surface area contributed by atoms with Gasteiger partial charge in [-0.15, -0.1) is 0 Å². The minimum absolute atomic E-state index is 0.118. The Morgan fingerprint density at radius 2 is 2.06 bits per heavy atom. The zero-order valence-electron chi connectivity index (χ0n) is 9.99. The van der Waals surface area contributed by atoms with Crippen LogP contribution in [0.25, 0.3) is 11.2 Å². The molecule has 0 bridgehead atoms. The number of pyridine rings is 1. The molecule has 0 spiro atoms. The number of fused-ring (bicyclic) bond motifs is 1. The van der Waals surface area contributed by atoms with Gasteiger partial charge in [-0.05, 0) is 25.5 Å². The van der Waals surface area contributed by atoms with E-state index in [9.17, 15) is 0 Å². The van der Waals surface area contributed by atoms with Crippen molar-refractivity contribution in [3.05, 3.63) is 23.1 Å². The molecule has 2 aromatic rings. The maximum absolute atomic E-state index is 9.08. The summed E-state index contributed by atoms with van der Waals surface area (Å²) >= 11 is 0. The highest BCUT2D eigenvalue weighted by molar-refractivity contribution is 5.75. The lowest BCUT2D eigenvalue weighted by atomic mass is 10.2. The molecular formula is C12H17N3O. The van der Waals surface area contributed by atoms with Crippen LogP contribution < -0.4 is 0 Å². The third-order valence-corrected chi connectivity index (χ3v) is 2.74. The van der Waals surface area contributed by atoms with Crippen molar-refractivity contribution in [2.45, 2.75) is 33.7 Å². The van der Waals surface area contributed by atoms with Crippen LogP contribution in [0.2, 0.25) is 0 Å². The highest BCUT2D eigenvalue weighted by Gasteiger charge is 2.12. The highest BCUT2D eigenvalue weighted by Crippen LogP contribution is 2.19. The van der Waals surface area contributed by atoms with E-state index in [4.69, 9.17) is 5.11 Å². The fourth-order valence-corrected chi connectivity index (χ4v) is 2.05. The summed E-state index contributed by atoms with van der Waals surface area (Å²) in [4.78, 5) is 9.09. The standard InChI is InChI=1S/C12H17N3O/c1-4-10-14-11-8(2)7-9(3)13-12(11)15(10)5-6-16/h7,16H,4-6H2,1-3H3. The van der Waals surface area contributed by atoms with Crippen molar-refractivity contribution in [3.8, 4) is 0 Å². The van der Waals surface area contributed by atoms with Crippen molar-refractivity contribution in [1.82, 2.24) is 14.5 Å². The number of hydrogen-bond donors (Lipinski definition) is 1. The molecule has 4 heteroatoms. The molecule has 86 valence electrons. The molecule has 0 atom stereocenters. The lowest BCUT2D eigenvalue weighted by molar-refractivity contribution is 0.276. The number of aliphatic hydroxyl groups excluding tert-OH is 1. The van der Waals surface area contributed by atoms with Gasteiger partial charge in [-0.1, -0.05) is 6.92 Å². The van der Waals surface area contributed by atoms with Crippen LogP contribution in [0.1, 0.15) is 24.0 Å². The third-order valence-electron chi connectivity index (χ3n) is 2.74. The largest absolute Gasteiger partial charge is 0.395 e. The summed E-state index contributed by atoms with van der Waals surface area (Å²) in [5.41, 5.74) is 3.99. The zero-order chi connectivity index (χ0) is 11.7. The van der Waals surface area contributed by atoms with Gasteiger partial charge in [0.1, 0.15) is 11.3 Å². The van der Waals surface area contributed by atoms with Crippen LogP contribution in [0.3, 0.4) is 0 Å². The van der Waals surface area contributed by atoms with Crippen LogP contribution >= 0.6 is 0 Å². The van der Waals surface area contributed by atoms with E-state index in [1.165, 1.54) is 0 Å². The second-order valence-corrected chi connectivity index (χ2v) is 4.01. The number of nitrogens with zero attached hydrogens (tertiary/aromatic N) is 3. The molecule has 0 aromatic carbocycles. The van der Waals surface area contributed by atoms with Crippen molar-refractivity contribution in [2.24, 2.45) is 0 Å². The van der Waals surface area contributed by atoms with Crippen LogP contribution in [0.4, 0.5) is 0 Å². The Balaban J connectivity index is 2.73. The minimum Gasteiger partial charge on any atom is -0.395 e. The van der Waals surface area contributed by atoms with Crippen molar-refractivity contribution in [2.75, 3.05) is 6.61 Å². The summed E-state index contributed by atoms with van der Waals surface area (Å²) in [5.74, 6) is 0.991. The fraction of sp³-hybridized carbons (Fsp3) is 0.500. The van der Waals surface area contributed by atoms with Gasteiger partial charge in [-0.3, -0.25) is 0 Å². The lowest BCUT2D eigenvalue weighted by Crippen LogP contribution is -2.07. The average molecular weight is 219 g/mol. The molecule has 0 radical (unpaired) electrons. The van der Waals surface area contributed by atoms with Crippen LogP contribution in [0, 0.1) is 13.8 Å². The number of hydrogen-bond acceptors (Lipinski definition) is 3. The number of aliphatic hydroxyl groups is 1. The van der Waals surface area contributed by atoms with Crippen LogP contribution in [0.15, 0.2) is 6.07 Å². The lowest BCUT2D eigenvalue weighted by Gasteiger charge is -2.05. The van der Waals surface area contributed by atoms with Crippen LogP contribution in [-0.2, 0) is 13.0 Å². The number of rotatable bonds is 3. The molecule has 0 aliphatic carbocycles. The summed E-state index contributed by atoms with van der Waals surface area (Å²) in [7, 11) is 0. The van der Waals surface area contributed by atoms with Gasteiger partial charge in [0, 0.05) is 18.7 Å². The maximum atomic E-state index is 9.08. The van der Waals surface area contributed by atoms with Crippen molar-refractivity contribution in [3.63, 3.8) is 0 Å². The highest BCUT2D eigenvalue weighted by atomic mass is 16.3. The van der Waals surface area contributed by atoms with E-state index in [-0.39, 0.29) is 6.61 Å². The first-order valence-electron chi connectivity index (χ1n) is 5.61. The monoisotopic (exact) mass is 219 g/mol. The molecule has 4 nitrogen and oxygen atoms in total. The van der Waals surface area contributed by atoms with Gasteiger partial charge in [-0.2, -0.15) is 0 Å². The second kappa shape index (κ2) is 4.22. The first-order valence-corrected chi connectivity index (χ1v) is 5.61.